The van der Waals surface area contributed by atoms with E-state index in [4.69, 9.17) is 5.11 Å². The van der Waals surface area contributed by atoms with Crippen molar-refractivity contribution < 1.29 is 15.0 Å². The Balaban J connectivity index is 2.36. The quantitative estimate of drug-likeness (QED) is 0.756. The second kappa shape index (κ2) is 6.06. The lowest BCUT2D eigenvalue weighted by molar-refractivity contribution is -0.133. The van der Waals surface area contributed by atoms with Gasteiger partial charge in [0.05, 0.1) is 17.6 Å². The molecule has 0 radical (unpaired) electrons. The molecule has 0 unspecified atom stereocenters. The Morgan fingerprint density at radius 3 is 2.75 bits per heavy atom. The Morgan fingerprint density at radius 1 is 1.45 bits per heavy atom. The van der Waals surface area contributed by atoms with E-state index in [0.717, 1.165) is 11.8 Å². The van der Waals surface area contributed by atoms with Gasteiger partial charge in [0.1, 0.15) is 6.61 Å². The van der Waals surface area contributed by atoms with Crippen molar-refractivity contribution in [2.45, 2.75) is 31.7 Å². The van der Waals surface area contributed by atoms with Crippen molar-refractivity contribution >= 4 is 17.7 Å². The third kappa shape index (κ3) is 2.99. The summed E-state index contributed by atoms with van der Waals surface area (Å²) in [5.74, 6) is -0.712. The summed E-state index contributed by atoms with van der Waals surface area (Å²) in [4.78, 5) is 10.6. The number of thioether (sulfide) groups is 1. The van der Waals surface area contributed by atoms with Gasteiger partial charge in [0.15, 0.2) is 11.0 Å². The molecule has 0 aliphatic carbocycles. The molecule has 0 atom stereocenters. The molecule has 2 rings (SSSR count). The van der Waals surface area contributed by atoms with Gasteiger partial charge in [-0.15, -0.1) is 10.2 Å². The third-order valence-electron chi connectivity index (χ3n) is 2.54. The normalized spacial score (nSPS) is 11.2. The molecule has 0 aliphatic heterocycles. The van der Waals surface area contributed by atoms with Crippen LogP contribution >= 0.6 is 11.8 Å². The molecule has 9 heteroatoms. The van der Waals surface area contributed by atoms with Gasteiger partial charge in [-0.1, -0.05) is 11.8 Å². The minimum atomic E-state index is -0.937. The van der Waals surface area contributed by atoms with E-state index in [0.29, 0.717) is 16.7 Å². The van der Waals surface area contributed by atoms with Crippen LogP contribution in [0, 0.1) is 0 Å². The zero-order chi connectivity index (χ0) is 14.7. The van der Waals surface area contributed by atoms with E-state index < -0.39 is 5.97 Å². The summed E-state index contributed by atoms with van der Waals surface area (Å²) >= 11 is 1.05. The molecule has 108 valence electrons. The number of aromatic nitrogens is 5. The van der Waals surface area contributed by atoms with E-state index in [1.54, 1.807) is 21.6 Å². The molecule has 0 aromatic carbocycles. The summed E-state index contributed by atoms with van der Waals surface area (Å²) in [6.45, 7) is 3.71. The number of carbonyl (C=O) groups is 1. The summed E-state index contributed by atoms with van der Waals surface area (Å²) < 4.78 is 3.38. The number of carboxylic acids is 1. The fraction of sp³-hybridized carbons (Fsp3) is 0.455. The number of aliphatic carboxylic acids is 1. The lowest BCUT2D eigenvalue weighted by Gasteiger charge is -2.06. The Kier molecular flexibility index (Phi) is 4.40. The number of aliphatic hydroxyl groups is 1. The average Bonchev–Trinajstić information content (AvgIpc) is 3.02. The summed E-state index contributed by atoms with van der Waals surface area (Å²) in [5, 5.41) is 30.4. The predicted molar refractivity (Wildman–Crippen MR) is 71.8 cm³/mol. The second-order valence-electron chi connectivity index (χ2n) is 4.35. The van der Waals surface area contributed by atoms with Gasteiger partial charge in [-0.05, 0) is 13.8 Å². The fourth-order valence-corrected chi connectivity index (χ4v) is 2.30. The molecule has 0 saturated heterocycles. The van der Waals surface area contributed by atoms with Crippen molar-refractivity contribution in [3.8, 4) is 5.69 Å². The maximum atomic E-state index is 10.6. The number of hydrogen-bond donors (Lipinski definition) is 2. The van der Waals surface area contributed by atoms with Crippen LogP contribution in [0.5, 0.6) is 0 Å². The van der Waals surface area contributed by atoms with E-state index in [1.165, 1.54) is 0 Å². The van der Waals surface area contributed by atoms with Crippen molar-refractivity contribution in [3.63, 3.8) is 0 Å². The summed E-state index contributed by atoms with van der Waals surface area (Å²) in [5.41, 5.74) is 0.695. The van der Waals surface area contributed by atoms with Crippen LogP contribution in [0.25, 0.3) is 5.69 Å². The molecule has 20 heavy (non-hydrogen) atoms. The largest absolute Gasteiger partial charge is 0.481 e. The Bertz CT molecular complexity index is 607. The first-order valence-electron chi connectivity index (χ1n) is 5.97. The molecule has 0 bridgehead atoms. The lowest BCUT2D eigenvalue weighted by atomic mass is 10.4. The van der Waals surface area contributed by atoms with E-state index >= 15 is 0 Å². The van der Waals surface area contributed by atoms with Gasteiger partial charge < -0.3 is 10.2 Å². The van der Waals surface area contributed by atoms with Crippen LogP contribution in [0.15, 0.2) is 17.6 Å². The monoisotopic (exact) mass is 297 g/mol. The van der Waals surface area contributed by atoms with Gasteiger partial charge in [0, 0.05) is 12.2 Å². The molecule has 8 nitrogen and oxygen atoms in total. The van der Waals surface area contributed by atoms with Crippen molar-refractivity contribution in [1.29, 1.82) is 0 Å². The highest BCUT2D eigenvalue weighted by Gasteiger charge is 2.16. The van der Waals surface area contributed by atoms with E-state index in [1.807, 2.05) is 13.8 Å². The van der Waals surface area contributed by atoms with Crippen molar-refractivity contribution in [1.82, 2.24) is 24.5 Å². The zero-order valence-electron chi connectivity index (χ0n) is 11.1. The first-order valence-corrected chi connectivity index (χ1v) is 6.95. The Hall–Kier alpha value is -1.87. The number of rotatable bonds is 6. The van der Waals surface area contributed by atoms with Gasteiger partial charge in [0.2, 0.25) is 0 Å². The van der Waals surface area contributed by atoms with Crippen LogP contribution in [-0.4, -0.2) is 46.5 Å². The molecule has 0 saturated carbocycles. The molecule has 0 aliphatic rings. The average molecular weight is 297 g/mol. The third-order valence-corrected chi connectivity index (χ3v) is 3.46. The summed E-state index contributed by atoms with van der Waals surface area (Å²) in [7, 11) is 0. The highest BCUT2D eigenvalue weighted by molar-refractivity contribution is 7.99. The van der Waals surface area contributed by atoms with Crippen LogP contribution in [-0.2, 0) is 11.4 Å². The van der Waals surface area contributed by atoms with Crippen molar-refractivity contribution in [3.05, 3.63) is 18.2 Å². The van der Waals surface area contributed by atoms with E-state index in [-0.39, 0.29) is 18.4 Å². The maximum Gasteiger partial charge on any atom is 0.313 e. The first-order chi connectivity index (χ1) is 9.52. The highest BCUT2D eigenvalue weighted by Crippen LogP contribution is 2.22. The first kappa shape index (κ1) is 14.5. The molecule has 0 fully saturated rings. The number of carboxylic acid groups (broad SMARTS) is 1. The molecular weight excluding hydrogens is 282 g/mol. The molecular formula is C11H15N5O3S. The van der Waals surface area contributed by atoms with Crippen molar-refractivity contribution in [2.75, 3.05) is 5.75 Å². The maximum absolute atomic E-state index is 10.6. The standard InChI is InChI=1S/C11H15N5O3S/c1-7(2)15-4-8(3-12-15)16-9(5-17)13-14-11(16)20-6-10(18)19/h3-4,7,17H,5-6H2,1-2H3,(H,18,19). The zero-order valence-corrected chi connectivity index (χ0v) is 11.9. The van der Waals surface area contributed by atoms with Crippen LogP contribution < -0.4 is 0 Å². The highest BCUT2D eigenvalue weighted by atomic mass is 32.2. The molecule has 0 amide bonds. The number of hydrogen-bond acceptors (Lipinski definition) is 6. The van der Waals surface area contributed by atoms with Gasteiger partial charge in [0.25, 0.3) is 0 Å². The van der Waals surface area contributed by atoms with Crippen molar-refractivity contribution in [2.24, 2.45) is 0 Å². The summed E-state index contributed by atoms with van der Waals surface area (Å²) in [6.07, 6.45) is 3.44. The van der Waals surface area contributed by atoms with E-state index in [9.17, 15) is 9.90 Å². The van der Waals surface area contributed by atoms with Gasteiger partial charge in [-0.3, -0.25) is 14.0 Å². The van der Waals surface area contributed by atoms with Crippen LogP contribution in [0.1, 0.15) is 25.7 Å². The smallest absolute Gasteiger partial charge is 0.313 e. The Morgan fingerprint density at radius 2 is 2.20 bits per heavy atom. The van der Waals surface area contributed by atoms with Gasteiger partial charge >= 0.3 is 5.97 Å². The molecule has 0 spiro atoms. The molecule has 2 N–H and O–H groups in total. The van der Waals surface area contributed by atoms with Crippen LogP contribution in [0.2, 0.25) is 0 Å². The summed E-state index contributed by atoms with van der Waals surface area (Å²) in [6, 6.07) is 0.202. The number of aliphatic hydroxyl groups excluding tert-OH is 1. The Labute approximate surface area is 119 Å². The van der Waals surface area contributed by atoms with E-state index in [2.05, 4.69) is 15.3 Å². The molecule has 2 heterocycles. The minimum absolute atomic E-state index is 0.123. The second-order valence-corrected chi connectivity index (χ2v) is 5.29. The number of nitrogens with zero attached hydrogens (tertiary/aromatic N) is 5. The fourth-order valence-electron chi connectivity index (χ4n) is 1.61. The predicted octanol–water partition coefficient (Wildman–Crippen LogP) is 0.714. The lowest BCUT2D eigenvalue weighted by Crippen LogP contribution is -2.05. The van der Waals surface area contributed by atoms with Crippen LogP contribution in [0.3, 0.4) is 0 Å². The topological polar surface area (TPSA) is 106 Å². The minimum Gasteiger partial charge on any atom is -0.481 e. The van der Waals surface area contributed by atoms with Crippen LogP contribution in [0.4, 0.5) is 0 Å². The van der Waals surface area contributed by atoms with Gasteiger partial charge in [-0.25, -0.2) is 0 Å². The molecule has 2 aromatic heterocycles. The SMILES string of the molecule is CC(C)n1cc(-n2c(CO)nnc2SCC(=O)O)cn1. The molecule has 2 aromatic rings. The van der Waals surface area contributed by atoms with Gasteiger partial charge in [-0.2, -0.15) is 5.10 Å².